The fourth-order valence-electron chi connectivity index (χ4n) is 4.18. The van der Waals surface area contributed by atoms with E-state index in [0.29, 0.717) is 19.3 Å². The highest BCUT2D eigenvalue weighted by atomic mass is 32.2. The number of fused-ring (bicyclic) bond motifs is 1. The van der Waals surface area contributed by atoms with E-state index in [4.69, 9.17) is 0 Å². The SMILES string of the molecule is CS(=O)(=O)N1CCCN(C(=O)c2cc(F)ccc2F)CCNC(=O)[C@@H]2CCC[C@@H]21. The van der Waals surface area contributed by atoms with Crippen LogP contribution in [0.25, 0.3) is 0 Å². The summed E-state index contributed by atoms with van der Waals surface area (Å²) in [5.41, 5.74) is -0.386. The molecule has 2 atom stereocenters. The quantitative estimate of drug-likeness (QED) is 0.769. The van der Waals surface area contributed by atoms with Crippen LogP contribution in [0.4, 0.5) is 8.78 Å². The summed E-state index contributed by atoms with van der Waals surface area (Å²) in [5.74, 6) is -2.92. The highest BCUT2D eigenvalue weighted by Gasteiger charge is 2.40. The third-order valence-corrected chi connectivity index (χ3v) is 6.85. The van der Waals surface area contributed by atoms with Crippen LogP contribution in [-0.4, -0.2) is 67.9 Å². The molecule has 10 heteroatoms. The average Bonchev–Trinajstić information content (AvgIpc) is 3.12. The van der Waals surface area contributed by atoms with E-state index in [1.165, 1.54) is 9.21 Å². The van der Waals surface area contributed by atoms with E-state index in [2.05, 4.69) is 5.32 Å². The molecule has 2 fully saturated rings. The Kier molecular flexibility index (Phi) is 6.52. The Balaban J connectivity index is 1.83. The highest BCUT2D eigenvalue weighted by Crippen LogP contribution is 2.32. The van der Waals surface area contributed by atoms with Crippen molar-refractivity contribution >= 4 is 21.8 Å². The summed E-state index contributed by atoms with van der Waals surface area (Å²) in [7, 11) is -3.54. The molecule has 2 amide bonds. The van der Waals surface area contributed by atoms with Gasteiger partial charge in [0, 0.05) is 32.2 Å². The Morgan fingerprint density at radius 3 is 2.62 bits per heavy atom. The van der Waals surface area contributed by atoms with Crippen molar-refractivity contribution in [1.82, 2.24) is 14.5 Å². The summed E-state index contributed by atoms with van der Waals surface area (Å²) in [5, 5.41) is 2.76. The first kappa shape index (κ1) is 21.6. The molecule has 1 aliphatic heterocycles. The normalized spacial score (nSPS) is 24.5. The van der Waals surface area contributed by atoms with Gasteiger partial charge in [0.25, 0.3) is 5.91 Å². The molecule has 3 rings (SSSR count). The van der Waals surface area contributed by atoms with Crippen LogP contribution >= 0.6 is 0 Å². The fourth-order valence-corrected chi connectivity index (χ4v) is 5.38. The largest absolute Gasteiger partial charge is 0.354 e. The maximum Gasteiger partial charge on any atom is 0.256 e. The lowest BCUT2D eigenvalue weighted by molar-refractivity contribution is -0.125. The molecular formula is C19H25F2N3O4S. The van der Waals surface area contributed by atoms with E-state index >= 15 is 0 Å². The number of halogens is 2. The Bertz CT molecular complexity index is 893. The zero-order valence-electron chi connectivity index (χ0n) is 16.2. The maximum atomic E-state index is 14.0. The van der Waals surface area contributed by atoms with Gasteiger partial charge in [0.15, 0.2) is 0 Å². The molecule has 7 nitrogen and oxygen atoms in total. The summed E-state index contributed by atoms with van der Waals surface area (Å²) in [6, 6.07) is 2.27. The average molecular weight is 429 g/mol. The van der Waals surface area contributed by atoms with Crippen LogP contribution in [0.2, 0.25) is 0 Å². The lowest BCUT2D eigenvalue weighted by Gasteiger charge is -2.30. The second kappa shape index (κ2) is 8.74. The van der Waals surface area contributed by atoms with Crippen molar-refractivity contribution in [3.63, 3.8) is 0 Å². The third kappa shape index (κ3) is 4.92. The van der Waals surface area contributed by atoms with Gasteiger partial charge in [-0.2, -0.15) is 4.31 Å². The second-order valence-electron chi connectivity index (χ2n) is 7.54. The minimum Gasteiger partial charge on any atom is -0.354 e. The van der Waals surface area contributed by atoms with E-state index in [0.717, 1.165) is 30.9 Å². The van der Waals surface area contributed by atoms with Gasteiger partial charge in [-0.3, -0.25) is 9.59 Å². The summed E-state index contributed by atoms with van der Waals surface area (Å²) < 4.78 is 53.5. The molecular weight excluding hydrogens is 404 g/mol. The Hall–Kier alpha value is -2.07. The van der Waals surface area contributed by atoms with Crippen molar-refractivity contribution in [3.8, 4) is 0 Å². The first-order valence-corrected chi connectivity index (χ1v) is 11.5. The molecule has 1 aliphatic carbocycles. The maximum absolute atomic E-state index is 14.0. The first-order valence-electron chi connectivity index (χ1n) is 9.67. The van der Waals surface area contributed by atoms with Crippen LogP contribution in [0.15, 0.2) is 18.2 Å². The smallest absolute Gasteiger partial charge is 0.256 e. The van der Waals surface area contributed by atoms with Gasteiger partial charge in [0.05, 0.1) is 17.7 Å². The van der Waals surface area contributed by atoms with E-state index < -0.39 is 39.5 Å². The third-order valence-electron chi connectivity index (χ3n) is 5.55. The Morgan fingerprint density at radius 1 is 1.14 bits per heavy atom. The molecule has 0 unspecified atom stereocenters. The van der Waals surface area contributed by atoms with Gasteiger partial charge in [-0.15, -0.1) is 0 Å². The number of nitrogens with zero attached hydrogens (tertiary/aromatic N) is 2. The molecule has 1 saturated heterocycles. The first-order chi connectivity index (χ1) is 13.7. The van der Waals surface area contributed by atoms with Crippen LogP contribution in [0.3, 0.4) is 0 Å². The van der Waals surface area contributed by atoms with Crippen molar-refractivity contribution in [2.75, 3.05) is 32.4 Å². The molecule has 0 spiro atoms. The molecule has 0 bridgehead atoms. The topological polar surface area (TPSA) is 86.8 Å². The summed E-state index contributed by atoms with van der Waals surface area (Å²) in [6.07, 6.45) is 3.44. The number of sulfonamides is 1. The molecule has 1 heterocycles. The van der Waals surface area contributed by atoms with Crippen LogP contribution in [0.1, 0.15) is 36.0 Å². The van der Waals surface area contributed by atoms with E-state index in [1.54, 1.807) is 0 Å². The number of hydrogen-bond donors (Lipinski definition) is 1. The van der Waals surface area contributed by atoms with Gasteiger partial charge < -0.3 is 10.2 Å². The van der Waals surface area contributed by atoms with E-state index in [9.17, 15) is 26.8 Å². The van der Waals surface area contributed by atoms with Gasteiger partial charge in [-0.25, -0.2) is 17.2 Å². The zero-order valence-corrected chi connectivity index (χ0v) is 17.1. The zero-order chi connectivity index (χ0) is 21.2. The van der Waals surface area contributed by atoms with Gasteiger partial charge in [0.2, 0.25) is 15.9 Å². The van der Waals surface area contributed by atoms with Crippen molar-refractivity contribution in [3.05, 3.63) is 35.4 Å². The Labute approximate surface area is 169 Å². The van der Waals surface area contributed by atoms with Crippen LogP contribution in [-0.2, 0) is 14.8 Å². The number of carbonyl (C=O) groups excluding carboxylic acids is 2. The van der Waals surface area contributed by atoms with E-state index in [-0.39, 0.29) is 37.6 Å². The van der Waals surface area contributed by atoms with Crippen molar-refractivity contribution in [2.45, 2.75) is 31.7 Å². The number of carbonyl (C=O) groups is 2. The van der Waals surface area contributed by atoms with Gasteiger partial charge in [-0.05, 0) is 37.5 Å². The minimum absolute atomic E-state index is 0.122. The number of nitrogens with one attached hydrogen (secondary N) is 1. The molecule has 2 aliphatic rings. The van der Waals surface area contributed by atoms with Crippen LogP contribution in [0.5, 0.6) is 0 Å². The van der Waals surface area contributed by atoms with Gasteiger partial charge in [-0.1, -0.05) is 6.42 Å². The predicted octanol–water partition coefficient (Wildman–Crippen LogP) is 1.36. The number of rotatable bonds is 2. The summed E-state index contributed by atoms with van der Waals surface area (Å²) in [6.45, 7) is 0.594. The predicted molar refractivity (Wildman–Crippen MR) is 103 cm³/mol. The minimum atomic E-state index is -3.54. The molecule has 29 heavy (non-hydrogen) atoms. The fraction of sp³-hybridized carbons (Fsp3) is 0.579. The highest BCUT2D eigenvalue weighted by molar-refractivity contribution is 7.88. The molecule has 1 N–H and O–H groups in total. The number of hydrogen-bond acceptors (Lipinski definition) is 4. The van der Waals surface area contributed by atoms with Crippen molar-refractivity contribution in [1.29, 1.82) is 0 Å². The molecule has 1 saturated carbocycles. The summed E-state index contributed by atoms with van der Waals surface area (Å²) >= 11 is 0. The van der Waals surface area contributed by atoms with Crippen LogP contribution in [0, 0.1) is 17.6 Å². The standard InChI is InChI=1S/C19H25F2N3O4S/c1-29(27,28)24-10-3-9-23(19(26)15-12-13(20)6-7-16(15)21)11-8-22-18(25)14-4-2-5-17(14)24/h6-7,12,14,17H,2-5,8-11H2,1H3,(H,22,25)/t14-,17+/m1/s1. The summed E-state index contributed by atoms with van der Waals surface area (Å²) in [4.78, 5) is 26.7. The molecule has 0 aromatic heterocycles. The van der Waals surface area contributed by atoms with E-state index in [1.807, 2.05) is 0 Å². The molecule has 1 aromatic rings. The molecule has 160 valence electrons. The second-order valence-corrected chi connectivity index (χ2v) is 9.47. The van der Waals surface area contributed by atoms with Crippen LogP contribution < -0.4 is 5.32 Å². The van der Waals surface area contributed by atoms with Gasteiger partial charge >= 0.3 is 0 Å². The molecule has 1 aromatic carbocycles. The lowest BCUT2D eigenvalue weighted by atomic mass is 10.0. The van der Waals surface area contributed by atoms with Crippen molar-refractivity contribution < 1.29 is 26.8 Å². The number of benzene rings is 1. The molecule has 0 radical (unpaired) electrons. The number of amides is 2. The Morgan fingerprint density at radius 2 is 1.90 bits per heavy atom. The van der Waals surface area contributed by atoms with Gasteiger partial charge in [0.1, 0.15) is 11.6 Å². The lowest BCUT2D eigenvalue weighted by Crippen LogP contribution is -2.47. The monoisotopic (exact) mass is 429 g/mol. The van der Waals surface area contributed by atoms with Crippen molar-refractivity contribution in [2.24, 2.45) is 5.92 Å².